The Morgan fingerprint density at radius 3 is 2.71 bits per heavy atom. The third kappa shape index (κ3) is 1.72. The highest BCUT2D eigenvalue weighted by Crippen LogP contribution is 2.27. The molecule has 2 rings (SSSR count). The summed E-state index contributed by atoms with van der Waals surface area (Å²) >= 11 is 1.78. The minimum absolute atomic E-state index is 0.602. The maximum atomic E-state index is 5.70. The zero-order valence-corrected chi connectivity index (χ0v) is 8.97. The molecule has 2 heteroatoms. The molecule has 0 saturated carbocycles. The van der Waals surface area contributed by atoms with Gasteiger partial charge >= 0.3 is 0 Å². The van der Waals surface area contributed by atoms with E-state index in [4.69, 9.17) is 5.73 Å². The number of aryl methyl sites for hydroxylation is 1. The van der Waals surface area contributed by atoms with Crippen molar-refractivity contribution in [3.8, 4) is 11.1 Å². The van der Waals surface area contributed by atoms with E-state index in [0.29, 0.717) is 6.54 Å². The summed E-state index contributed by atoms with van der Waals surface area (Å²) in [5.74, 6) is 0. The Hall–Kier alpha value is -1.12. The van der Waals surface area contributed by atoms with Crippen LogP contribution in [0.3, 0.4) is 0 Å². The van der Waals surface area contributed by atoms with Crippen molar-refractivity contribution in [3.05, 3.63) is 46.2 Å². The van der Waals surface area contributed by atoms with E-state index in [1.807, 2.05) is 6.07 Å². The first-order valence-corrected chi connectivity index (χ1v) is 5.52. The molecule has 0 aliphatic rings. The Balaban J connectivity index is 2.50. The van der Waals surface area contributed by atoms with Gasteiger partial charge < -0.3 is 5.73 Å². The van der Waals surface area contributed by atoms with Gasteiger partial charge in [0, 0.05) is 11.4 Å². The van der Waals surface area contributed by atoms with E-state index in [1.54, 1.807) is 11.3 Å². The van der Waals surface area contributed by atoms with Gasteiger partial charge in [-0.3, -0.25) is 0 Å². The minimum Gasteiger partial charge on any atom is -0.326 e. The molecule has 0 amide bonds. The highest BCUT2D eigenvalue weighted by Gasteiger charge is 2.03. The number of hydrogen-bond acceptors (Lipinski definition) is 2. The van der Waals surface area contributed by atoms with Crippen LogP contribution in [0.2, 0.25) is 0 Å². The molecule has 0 spiro atoms. The molecule has 0 bridgehead atoms. The smallest absolute Gasteiger partial charge is 0.0184 e. The van der Waals surface area contributed by atoms with Gasteiger partial charge in [-0.25, -0.2) is 0 Å². The summed E-state index contributed by atoms with van der Waals surface area (Å²) in [7, 11) is 0. The van der Waals surface area contributed by atoms with Crippen LogP contribution in [0.15, 0.2) is 35.7 Å². The molecular weight excluding hydrogens is 190 g/mol. The van der Waals surface area contributed by atoms with Gasteiger partial charge in [-0.05, 0) is 35.1 Å². The Labute approximate surface area is 88.2 Å². The van der Waals surface area contributed by atoms with Gasteiger partial charge in [-0.15, -0.1) is 11.3 Å². The van der Waals surface area contributed by atoms with E-state index in [2.05, 4.69) is 36.6 Å². The number of rotatable bonds is 2. The lowest BCUT2D eigenvalue weighted by molar-refractivity contribution is 1.07. The highest BCUT2D eigenvalue weighted by molar-refractivity contribution is 7.10. The van der Waals surface area contributed by atoms with Crippen LogP contribution in [0.25, 0.3) is 11.1 Å². The first-order chi connectivity index (χ1) is 6.81. The van der Waals surface area contributed by atoms with E-state index in [0.717, 1.165) is 0 Å². The highest BCUT2D eigenvalue weighted by atomic mass is 32.1. The summed E-state index contributed by atoms with van der Waals surface area (Å²) in [6.07, 6.45) is 0. The summed E-state index contributed by atoms with van der Waals surface area (Å²) in [6.45, 7) is 2.73. The van der Waals surface area contributed by atoms with Gasteiger partial charge in [-0.2, -0.15) is 0 Å². The van der Waals surface area contributed by atoms with Gasteiger partial charge in [0.2, 0.25) is 0 Å². The predicted molar refractivity (Wildman–Crippen MR) is 62.4 cm³/mol. The molecule has 72 valence electrons. The first-order valence-electron chi connectivity index (χ1n) is 4.65. The zero-order chi connectivity index (χ0) is 9.97. The van der Waals surface area contributed by atoms with Crippen LogP contribution >= 0.6 is 11.3 Å². The van der Waals surface area contributed by atoms with Crippen molar-refractivity contribution in [1.82, 2.24) is 0 Å². The average Bonchev–Trinajstić information content (AvgIpc) is 2.65. The fraction of sp³-hybridized carbons (Fsp3) is 0.167. The van der Waals surface area contributed by atoms with Crippen LogP contribution < -0.4 is 5.73 Å². The van der Waals surface area contributed by atoms with Crippen molar-refractivity contribution in [2.75, 3.05) is 0 Å². The van der Waals surface area contributed by atoms with E-state index >= 15 is 0 Å². The predicted octanol–water partition coefficient (Wildman–Crippen LogP) is 3.18. The van der Waals surface area contributed by atoms with Crippen LogP contribution in [0.1, 0.15) is 10.4 Å². The molecule has 14 heavy (non-hydrogen) atoms. The summed E-state index contributed by atoms with van der Waals surface area (Å²) in [5.41, 5.74) is 9.46. The van der Waals surface area contributed by atoms with E-state index in [1.165, 1.54) is 21.6 Å². The molecular formula is C12H13NS. The minimum atomic E-state index is 0.602. The lowest BCUT2D eigenvalue weighted by Gasteiger charge is -2.04. The summed E-state index contributed by atoms with van der Waals surface area (Å²) in [6, 6.07) is 10.5. The molecule has 1 heterocycles. The SMILES string of the molecule is Cc1cc(-c2ccccc2CN)cs1. The fourth-order valence-electron chi connectivity index (χ4n) is 1.56. The summed E-state index contributed by atoms with van der Waals surface area (Å²) in [5, 5.41) is 2.18. The molecule has 0 saturated heterocycles. The molecule has 0 atom stereocenters. The third-order valence-corrected chi connectivity index (χ3v) is 3.14. The molecule has 0 unspecified atom stereocenters. The van der Waals surface area contributed by atoms with Crippen molar-refractivity contribution in [2.45, 2.75) is 13.5 Å². The molecule has 1 aromatic carbocycles. The molecule has 0 aliphatic carbocycles. The second-order valence-electron chi connectivity index (χ2n) is 3.31. The molecule has 2 N–H and O–H groups in total. The molecule has 0 fully saturated rings. The van der Waals surface area contributed by atoms with Gasteiger partial charge in [0.15, 0.2) is 0 Å². The quantitative estimate of drug-likeness (QED) is 0.797. The Kier molecular flexibility index (Phi) is 2.66. The van der Waals surface area contributed by atoms with Crippen LogP contribution in [-0.2, 0) is 6.54 Å². The zero-order valence-electron chi connectivity index (χ0n) is 8.16. The van der Waals surface area contributed by atoms with Crippen molar-refractivity contribution < 1.29 is 0 Å². The monoisotopic (exact) mass is 203 g/mol. The topological polar surface area (TPSA) is 26.0 Å². The van der Waals surface area contributed by atoms with Crippen LogP contribution in [-0.4, -0.2) is 0 Å². The first kappa shape index (κ1) is 9.44. The molecule has 1 nitrogen and oxygen atoms in total. The third-order valence-electron chi connectivity index (χ3n) is 2.28. The van der Waals surface area contributed by atoms with Gasteiger partial charge in [-0.1, -0.05) is 24.3 Å². The van der Waals surface area contributed by atoms with E-state index in [-0.39, 0.29) is 0 Å². The van der Waals surface area contributed by atoms with Crippen molar-refractivity contribution >= 4 is 11.3 Å². The van der Waals surface area contributed by atoms with Crippen molar-refractivity contribution in [3.63, 3.8) is 0 Å². The standard InChI is InChI=1S/C12H13NS/c1-9-6-11(8-14-9)12-5-3-2-4-10(12)7-13/h2-6,8H,7,13H2,1H3. The number of nitrogens with two attached hydrogens (primary N) is 1. The fourth-order valence-corrected chi connectivity index (χ4v) is 2.27. The van der Waals surface area contributed by atoms with Crippen LogP contribution in [0, 0.1) is 6.92 Å². The molecule has 2 aromatic rings. The molecule has 1 aromatic heterocycles. The maximum Gasteiger partial charge on any atom is 0.0184 e. The normalized spacial score (nSPS) is 10.4. The Morgan fingerprint density at radius 1 is 1.29 bits per heavy atom. The van der Waals surface area contributed by atoms with E-state index in [9.17, 15) is 0 Å². The van der Waals surface area contributed by atoms with Gasteiger partial charge in [0.1, 0.15) is 0 Å². The van der Waals surface area contributed by atoms with Crippen LogP contribution in [0.4, 0.5) is 0 Å². The number of hydrogen-bond donors (Lipinski definition) is 1. The maximum absolute atomic E-state index is 5.70. The molecule has 0 aliphatic heterocycles. The number of thiophene rings is 1. The Bertz CT molecular complexity index is 431. The second-order valence-corrected chi connectivity index (χ2v) is 4.42. The lowest BCUT2D eigenvalue weighted by Crippen LogP contribution is -1.97. The largest absolute Gasteiger partial charge is 0.326 e. The van der Waals surface area contributed by atoms with E-state index < -0.39 is 0 Å². The van der Waals surface area contributed by atoms with Gasteiger partial charge in [0.25, 0.3) is 0 Å². The second kappa shape index (κ2) is 3.95. The van der Waals surface area contributed by atoms with Crippen molar-refractivity contribution in [2.24, 2.45) is 5.73 Å². The molecule has 0 radical (unpaired) electrons. The average molecular weight is 203 g/mol. The van der Waals surface area contributed by atoms with Crippen LogP contribution in [0.5, 0.6) is 0 Å². The van der Waals surface area contributed by atoms with Crippen molar-refractivity contribution in [1.29, 1.82) is 0 Å². The number of benzene rings is 1. The van der Waals surface area contributed by atoms with Gasteiger partial charge in [0.05, 0.1) is 0 Å². The Morgan fingerprint density at radius 2 is 2.07 bits per heavy atom. The summed E-state index contributed by atoms with van der Waals surface area (Å²) in [4.78, 5) is 1.34. The summed E-state index contributed by atoms with van der Waals surface area (Å²) < 4.78 is 0. The lowest BCUT2D eigenvalue weighted by atomic mass is 10.0.